The summed E-state index contributed by atoms with van der Waals surface area (Å²) in [7, 11) is 0. The molecule has 0 aliphatic carbocycles. The smallest absolute Gasteiger partial charge is 0.248 e. The van der Waals surface area contributed by atoms with Gasteiger partial charge in [-0.15, -0.1) is 0 Å². The third-order valence-corrected chi connectivity index (χ3v) is 2.92. The summed E-state index contributed by atoms with van der Waals surface area (Å²) in [5.74, 6) is -1.39. The fourth-order valence-electron chi connectivity index (χ4n) is 1.73. The van der Waals surface area contributed by atoms with Crippen LogP contribution in [0.4, 0.5) is 5.69 Å². The van der Waals surface area contributed by atoms with Crippen LogP contribution in [0.15, 0.2) is 24.3 Å². The molecule has 0 aliphatic rings. The molecule has 0 saturated carbocycles. The van der Waals surface area contributed by atoms with Crippen molar-refractivity contribution in [2.45, 2.75) is 13.8 Å². The number of hydrogen-bond acceptors (Lipinski definition) is 3. The normalized spacial score (nSPS) is 11.9. The highest BCUT2D eigenvalue weighted by atomic mass is 32.1. The predicted molar refractivity (Wildman–Crippen MR) is 78.7 cm³/mol. The van der Waals surface area contributed by atoms with Crippen LogP contribution in [0.5, 0.6) is 0 Å². The fraction of sp³-hybridized carbons (Fsp3) is 0.308. The number of anilines is 1. The lowest BCUT2D eigenvalue weighted by Crippen LogP contribution is -2.36. The summed E-state index contributed by atoms with van der Waals surface area (Å²) < 4.78 is 0. The van der Waals surface area contributed by atoms with E-state index in [1.54, 1.807) is 18.2 Å². The first-order valence-electron chi connectivity index (χ1n) is 5.83. The molecular weight excluding hydrogens is 262 g/mol. The van der Waals surface area contributed by atoms with Crippen molar-refractivity contribution < 1.29 is 9.59 Å². The van der Waals surface area contributed by atoms with Gasteiger partial charge < -0.3 is 16.8 Å². The van der Waals surface area contributed by atoms with Gasteiger partial charge in [0.05, 0.1) is 10.9 Å². The number of thiocarbonyl (C=S) groups is 1. The van der Waals surface area contributed by atoms with Crippen molar-refractivity contribution in [2.75, 3.05) is 5.32 Å². The Morgan fingerprint density at radius 2 is 1.89 bits per heavy atom. The van der Waals surface area contributed by atoms with Crippen LogP contribution in [0.1, 0.15) is 24.2 Å². The molecule has 1 aromatic carbocycles. The Morgan fingerprint density at radius 3 is 2.37 bits per heavy atom. The molecule has 0 aliphatic heterocycles. The van der Waals surface area contributed by atoms with Crippen molar-refractivity contribution in [3.05, 3.63) is 29.8 Å². The number of carbonyl (C=O) groups is 2. The molecule has 0 fully saturated rings. The molecule has 2 amide bonds. The van der Waals surface area contributed by atoms with E-state index < -0.39 is 11.8 Å². The highest BCUT2D eigenvalue weighted by Crippen LogP contribution is 2.16. The minimum absolute atomic E-state index is 0.00294. The number of benzene rings is 1. The first-order valence-corrected chi connectivity index (χ1v) is 6.23. The fourth-order valence-corrected chi connectivity index (χ4v) is 2.11. The van der Waals surface area contributed by atoms with Crippen LogP contribution in [0.2, 0.25) is 0 Å². The molecule has 0 bridgehead atoms. The zero-order valence-electron chi connectivity index (χ0n) is 10.8. The molecule has 0 spiro atoms. The van der Waals surface area contributed by atoms with E-state index in [0.29, 0.717) is 11.3 Å². The summed E-state index contributed by atoms with van der Waals surface area (Å²) in [4.78, 5) is 23.3. The summed E-state index contributed by atoms with van der Waals surface area (Å²) in [6.07, 6.45) is 0. The molecular formula is C13H17N3O2S. The van der Waals surface area contributed by atoms with E-state index in [1.807, 2.05) is 13.8 Å². The zero-order chi connectivity index (χ0) is 14.6. The van der Waals surface area contributed by atoms with Gasteiger partial charge >= 0.3 is 0 Å². The minimum Gasteiger partial charge on any atom is -0.393 e. The van der Waals surface area contributed by atoms with Gasteiger partial charge in [0.1, 0.15) is 0 Å². The van der Waals surface area contributed by atoms with Crippen molar-refractivity contribution >= 4 is 34.7 Å². The third-order valence-electron chi connectivity index (χ3n) is 2.67. The number of carbonyl (C=O) groups excluding carboxylic acids is 2. The average molecular weight is 279 g/mol. The maximum Gasteiger partial charge on any atom is 0.248 e. The van der Waals surface area contributed by atoms with Gasteiger partial charge in [-0.05, 0) is 24.1 Å². The molecule has 102 valence electrons. The van der Waals surface area contributed by atoms with Crippen molar-refractivity contribution in [3.8, 4) is 0 Å². The van der Waals surface area contributed by atoms with Crippen LogP contribution in [-0.4, -0.2) is 16.8 Å². The number of primary amides is 1. The standard InChI is InChI=1S/C13H17N3O2S/c1-7(2)10(12(15)19)13(18)16-9-5-3-4-8(6-9)11(14)17/h3-7,10H,1-2H3,(H2,14,17)(H2,15,19)(H,16,18). The molecule has 0 radical (unpaired) electrons. The first-order chi connectivity index (χ1) is 8.82. The number of nitrogens with two attached hydrogens (primary N) is 2. The van der Waals surface area contributed by atoms with E-state index in [0.717, 1.165) is 0 Å². The Morgan fingerprint density at radius 1 is 1.26 bits per heavy atom. The Hall–Kier alpha value is -1.95. The average Bonchev–Trinajstić information content (AvgIpc) is 2.27. The summed E-state index contributed by atoms with van der Waals surface area (Å²) >= 11 is 4.90. The largest absolute Gasteiger partial charge is 0.393 e. The minimum atomic E-state index is -0.550. The molecule has 19 heavy (non-hydrogen) atoms. The van der Waals surface area contributed by atoms with E-state index in [-0.39, 0.29) is 16.8 Å². The second kappa shape index (κ2) is 6.29. The first kappa shape index (κ1) is 15.1. The van der Waals surface area contributed by atoms with E-state index in [2.05, 4.69) is 5.32 Å². The van der Waals surface area contributed by atoms with Gasteiger partial charge in [0, 0.05) is 11.3 Å². The summed E-state index contributed by atoms with van der Waals surface area (Å²) in [6, 6.07) is 6.39. The van der Waals surface area contributed by atoms with Crippen LogP contribution in [0.25, 0.3) is 0 Å². The van der Waals surface area contributed by atoms with Crippen molar-refractivity contribution in [2.24, 2.45) is 23.3 Å². The topological polar surface area (TPSA) is 98.2 Å². The Balaban J connectivity index is 2.90. The Kier molecular flexibility index (Phi) is 5.00. The van der Waals surface area contributed by atoms with Crippen molar-refractivity contribution in [1.82, 2.24) is 0 Å². The van der Waals surface area contributed by atoms with Gasteiger partial charge in [-0.1, -0.05) is 32.1 Å². The van der Waals surface area contributed by atoms with E-state index >= 15 is 0 Å². The second-order valence-corrected chi connectivity index (χ2v) is 5.03. The molecule has 0 saturated heterocycles. The molecule has 0 heterocycles. The van der Waals surface area contributed by atoms with Crippen LogP contribution < -0.4 is 16.8 Å². The maximum atomic E-state index is 12.1. The van der Waals surface area contributed by atoms with Crippen LogP contribution in [-0.2, 0) is 4.79 Å². The number of rotatable bonds is 5. The van der Waals surface area contributed by atoms with Crippen LogP contribution in [0, 0.1) is 11.8 Å². The maximum absolute atomic E-state index is 12.1. The van der Waals surface area contributed by atoms with Gasteiger partial charge in [0.25, 0.3) is 0 Å². The van der Waals surface area contributed by atoms with Crippen LogP contribution >= 0.6 is 12.2 Å². The molecule has 5 N–H and O–H groups in total. The number of amides is 2. The van der Waals surface area contributed by atoms with Gasteiger partial charge in [-0.2, -0.15) is 0 Å². The van der Waals surface area contributed by atoms with E-state index in [9.17, 15) is 9.59 Å². The Labute approximate surface area is 117 Å². The molecule has 1 atom stereocenters. The summed E-state index contributed by atoms with van der Waals surface area (Å²) in [6.45, 7) is 3.73. The monoisotopic (exact) mass is 279 g/mol. The molecule has 1 aromatic rings. The van der Waals surface area contributed by atoms with E-state index in [4.69, 9.17) is 23.7 Å². The number of nitrogens with one attached hydrogen (secondary N) is 1. The molecule has 6 heteroatoms. The lowest BCUT2D eigenvalue weighted by atomic mass is 9.95. The van der Waals surface area contributed by atoms with Gasteiger partial charge in [-0.25, -0.2) is 0 Å². The van der Waals surface area contributed by atoms with Crippen molar-refractivity contribution in [3.63, 3.8) is 0 Å². The molecule has 1 unspecified atom stereocenters. The molecule has 5 nitrogen and oxygen atoms in total. The highest BCUT2D eigenvalue weighted by molar-refractivity contribution is 7.80. The van der Waals surface area contributed by atoms with Crippen molar-refractivity contribution in [1.29, 1.82) is 0 Å². The van der Waals surface area contributed by atoms with Crippen LogP contribution in [0.3, 0.4) is 0 Å². The molecule has 1 rings (SSSR count). The van der Waals surface area contributed by atoms with Gasteiger partial charge in [0.2, 0.25) is 11.8 Å². The summed E-state index contributed by atoms with van der Waals surface area (Å²) in [5, 5.41) is 2.69. The number of hydrogen-bond donors (Lipinski definition) is 3. The highest BCUT2D eigenvalue weighted by Gasteiger charge is 2.25. The van der Waals surface area contributed by atoms with Gasteiger partial charge in [-0.3, -0.25) is 9.59 Å². The van der Waals surface area contributed by atoms with Gasteiger partial charge in [0.15, 0.2) is 0 Å². The summed E-state index contributed by atoms with van der Waals surface area (Å²) in [5.41, 5.74) is 11.6. The van der Waals surface area contributed by atoms with E-state index in [1.165, 1.54) is 6.07 Å². The quantitative estimate of drug-likeness (QED) is 0.707. The SMILES string of the molecule is CC(C)C(C(=O)Nc1cccc(C(N)=O)c1)C(N)=S. The zero-order valence-corrected chi connectivity index (χ0v) is 11.7. The third kappa shape index (κ3) is 4.03. The Bertz CT molecular complexity index is 514. The second-order valence-electron chi connectivity index (χ2n) is 4.56. The lowest BCUT2D eigenvalue weighted by molar-refractivity contribution is -0.118. The lowest BCUT2D eigenvalue weighted by Gasteiger charge is -2.18. The molecule has 0 aromatic heterocycles. The predicted octanol–water partition coefficient (Wildman–Crippen LogP) is 1.28.